The van der Waals surface area contributed by atoms with E-state index in [1.807, 2.05) is 72.1 Å². The van der Waals surface area contributed by atoms with Crippen molar-refractivity contribution in [2.45, 2.75) is 28.8 Å². The normalized spacial score (nSPS) is 29.7. The summed E-state index contributed by atoms with van der Waals surface area (Å²) in [6.07, 6.45) is 1.95. The van der Waals surface area contributed by atoms with Gasteiger partial charge >= 0.3 is 0 Å². The fraction of sp³-hybridized carbons (Fsp3) is 0.368. The van der Waals surface area contributed by atoms with E-state index in [0.29, 0.717) is 0 Å². The lowest BCUT2D eigenvalue weighted by Gasteiger charge is -2.42. The van der Waals surface area contributed by atoms with Gasteiger partial charge in [0, 0.05) is 12.0 Å². The van der Waals surface area contributed by atoms with E-state index in [1.54, 1.807) is 0 Å². The van der Waals surface area contributed by atoms with Crippen molar-refractivity contribution in [1.82, 2.24) is 0 Å². The van der Waals surface area contributed by atoms with Gasteiger partial charge in [0.05, 0.1) is 6.10 Å². The molecule has 4 heteroatoms. The molecule has 2 fully saturated rings. The lowest BCUT2D eigenvalue weighted by Crippen LogP contribution is -2.45. The van der Waals surface area contributed by atoms with Crippen LogP contribution in [0.3, 0.4) is 0 Å². The molecular weight excluding hydrogens is 324 g/mol. The van der Waals surface area contributed by atoms with E-state index in [1.165, 1.54) is 6.42 Å². The number of hydrogen-bond donors (Lipinski definition) is 1. The Bertz CT molecular complexity index is 656. The molecule has 120 valence electrons. The molecule has 0 aliphatic carbocycles. The Hall–Kier alpha value is -0.940. The van der Waals surface area contributed by atoms with Crippen LogP contribution in [0.4, 0.5) is 0 Å². The van der Waals surface area contributed by atoms with Gasteiger partial charge in [-0.3, -0.25) is 0 Å². The highest BCUT2D eigenvalue weighted by Gasteiger charge is 2.61. The smallest absolute Gasteiger partial charge is 0.217 e. The molecule has 2 atom stereocenters. The van der Waals surface area contributed by atoms with E-state index in [9.17, 15) is 5.11 Å². The molecule has 0 amide bonds. The van der Waals surface area contributed by atoms with Gasteiger partial charge in [-0.2, -0.15) is 0 Å². The summed E-state index contributed by atoms with van der Waals surface area (Å²) in [4.78, 5) is 0. The molecule has 23 heavy (non-hydrogen) atoms. The van der Waals surface area contributed by atoms with E-state index in [4.69, 9.17) is 4.74 Å². The van der Waals surface area contributed by atoms with Gasteiger partial charge in [0.15, 0.2) is 0 Å². The van der Waals surface area contributed by atoms with Crippen LogP contribution < -0.4 is 0 Å². The largest absolute Gasteiger partial charge is 0.360 e. The van der Waals surface area contributed by atoms with Crippen LogP contribution in [0.1, 0.15) is 30.1 Å². The summed E-state index contributed by atoms with van der Waals surface area (Å²) in [5, 5.41) is 11.6. The number of thioether (sulfide) groups is 2. The Balaban J connectivity index is 1.76. The lowest BCUT2D eigenvalue weighted by atomic mass is 10.00. The molecule has 2 nitrogen and oxygen atoms in total. The monoisotopic (exact) mass is 344 g/mol. The summed E-state index contributed by atoms with van der Waals surface area (Å²) in [5.74, 6) is 0.907. The number of aliphatic hydroxyl groups is 1. The topological polar surface area (TPSA) is 29.5 Å². The number of benzene rings is 2. The van der Waals surface area contributed by atoms with Gasteiger partial charge in [-0.05, 0) is 23.5 Å². The summed E-state index contributed by atoms with van der Waals surface area (Å²) in [6.45, 7) is 0. The summed E-state index contributed by atoms with van der Waals surface area (Å²) < 4.78 is 6.00. The summed E-state index contributed by atoms with van der Waals surface area (Å²) in [5.41, 5.74) is 2.01. The highest BCUT2D eigenvalue weighted by atomic mass is 32.2. The van der Waals surface area contributed by atoms with Crippen molar-refractivity contribution >= 4 is 23.5 Å². The molecule has 0 saturated carbocycles. The maximum Gasteiger partial charge on any atom is 0.217 e. The second-order valence-corrected chi connectivity index (χ2v) is 9.08. The fourth-order valence-corrected chi connectivity index (χ4v) is 6.93. The van der Waals surface area contributed by atoms with Crippen LogP contribution in [0.5, 0.6) is 0 Å². The third-order valence-corrected chi connectivity index (χ3v) is 8.09. The fourth-order valence-electron chi connectivity index (χ4n) is 3.41. The molecule has 2 aliphatic rings. The van der Waals surface area contributed by atoms with Crippen molar-refractivity contribution in [3.05, 3.63) is 71.8 Å². The quantitative estimate of drug-likeness (QED) is 0.865. The zero-order valence-electron chi connectivity index (χ0n) is 12.9. The number of ether oxygens (including phenoxy) is 1. The zero-order chi connectivity index (χ0) is 15.8. The van der Waals surface area contributed by atoms with Crippen LogP contribution in [0.2, 0.25) is 0 Å². The van der Waals surface area contributed by atoms with Gasteiger partial charge in [0.25, 0.3) is 0 Å². The SMILES string of the molecule is OC1(c2ccccc2)OC(c2ccccc2)CC12SCCCS2. The summed E-state index contributed by atoms with van der Waals surface area (Å²) in [7, 11) is 0. The molecular formula is C19H20O2S2. The summed E-state index contributed by atoms with van der Waals surface area (Å²) >= 11 is 3.72. The van der Waals surface area contributed by atoms with Crippen molar-refractivity contribution in [3.8, 4) is 0 Å². The lowest BCUT2D eigenvalue weighted by molar-refractivity contribution is -0.203. The minimum absolute atomic E-state index is 0.0699. The van der Waals surface area contributed by atoms with Crippen LogP contribution in [0.25, 0.3) is 0 Å². The third-order valence-electron chi connectivity index (χ3n) is 4.58. The molecule has 1 N–H and O–H groups in total. The molecule has 0 radical (unpaired) electrons. The van der Waals surface area contributed by atoms with Crippen molar-refractivity contribution in [3.63, 3.8) is 0 Å². The van der Waals surface area contributed by atoms with Gasteiger partial charge in [-0.25, -0.2) is 0 Å². The van der Waals surface area contributed by atoms with E-state index in [0.717, 1.165) is 29.1 Å². The van der Waals surface area contributed by atoms with Crippen LogP contribution in [-0.2, 0) is 10.5 Å². The molecule has 2 unspecified atom stereocenters. The van der Waals surface area contributed by atoms with Gasteiger partial charge < -0.3 is 9.84 Å². The number of hydrogen-bond acceptors (Lipinski definition) is 4. The highest BCUT2D eigenvalue weighted by molar-refractivity contribution is 8.18. The molecule has 1 spiro atoms. The average Bonchev–Trinajstić information content (AvgIpc) is 2.91. The van der Waals surface area contributed by atoms with E-state index < -0.39 is 5.79 Å². The molecule has 2 aliphatic heterocycles. The Morgan fingerprint density at radius 1 is 0.913 bits per heavy atom. The van der Waals surface area contributed by atoms with Crippen LogP contribution in [0, 0.1) is 0 Å². The van der Waals surface area contributed by atoms with Crippen molar-refractivity contribution in [2.24, 2.45) is 0 Å². The molecule has 0 aromatic heterocycles. The molecule has 4 rings (SSSR count). The van der Waals surface area contributed by atoms with Gasteiger partial charge in [-0.15, -0.1) is 23.5 Å². The predicted octanol–water partition coefficient (Wildman–Crippen LogP) is 4.56. The van der Waals surface area contributed by atoms with Crippen molar-refractivity contribution in [2.75, 3.05) is 11.5 Å². The number of rotatable bonds is 2. The first-order chi connectivity index (χ1) is 11.2. The first-order valence-electron chi connectivity index (χ1n) is 8.02. The first kappa shape index (κ1) is 15.6. The maximum absolute atomic E-state index is 11.6. The Morgan fingerprint density at radius 3 is 2.17 bits per heavy atom. The molecule has 2 saturated heterocycles. The van der Waals surface area contributed by atoms with Gasteiger partial charge in [0.1, 0.15) is 4.08 Å². The minimum atomic E-state index is -1.25. The van der Waals surface area contributed by atoms with Crippen molar-refractivity contribution in [1.29, 1.82) is 0 Å². The standard InChI is InChI=1S/C19H20O2S2/c20-19(16-10-5-2-6-11-16)18(22-12-7-13-23-18)14-17(21-19)15-8-3-1-4-9-15/h1-6,8-11,17,20H,7,12-14H2. The highest BCUT2D eigenvalue weighted by Crippen LogP contribution is 2.63. The van der Waals surface area contributed by atoms with E-state index in [2.05, 4.69) is 12.1 Å². The minimum Gasteiger partial charge on any atom is -0.360 e. The van der Waals surface area contributed by atoms with E-state index >= 15 is 0 Å². The van der Waals surface area contributed by atoms with E-state index in [-0.39, 0.29) is 10.2 Å². The van der Waals surface area contributed by atoms with Crippen molar-refractivity contribution < 1.29 is 9.84 Å². The third kappa shape index (κ3) is 2.62. The predicted molar refractivity (Wildman–Crippen MR) is 97.5 cm³/mol. The van der Waals surface area contributed by atoms with Crippen LogP contribution in [-0.4, -0.2) is 20.7 Å². The summed E-state index contributed by atoms with van der Waals surface area (Å²) in [6, 6.07) is 20.1. The maximum atomic E-state index is 11.6. The average molecular weight is 345 g/mol. The Labute approximate surface area is 145 Å². The second kappa shape index (κ2) is 6.17. The zero-order valence-corrected chi connectivity index (χ0v) is 14.5. The second-order valence-electron chi connectivity index (χ2n) is 6.03. The Morgan fingerprint density at radius 2 is 1.52 bits per heavy atom. The van der Waals surface area contributed by atoms with Gasteiger partial charge in [0.2, 0.25) is 5.79 Å². The first-order valence-corrected chi connectivity index (χ1v) is 9.99. The van der Waals surface area contributed by atoms with Gasteiger partial charge in [-0.1, -0.05) is 60.7 Å². The molecule has 2 heterocycles. The molecule has 2 aromatic rings. The molecule has 2 aromatic carbocycles. The van der Waals surface area contributed by atoms with Crippen LogP contribution >= 0.6 is 23.5 Å². The molecule has 0 bridgehead atoms. The van der Waals surface area contributed by atoms with Crippen LogP contribution in [0.15, 0.2) is 60.7 Å². The Kier molecular flexibility index (Phi) is 4.18.